The van der Waals surface area contributed by atoms with Crippen molar-refractivity contribution in [3.05, 3.63) is 35.3 Å². The highest BCUT2D eigenvalue weighted by Gasteiger charge is 2.17. The van der Waals surface area contributed by atoms with E-state index in [1.807, 2.05) is 25.5 Å². The summed E-state index contributed by atoms with van der Waals surface area (Å²) in [7, 11) is 0. The minimum Gasteiger partial charge on any atom is -0.452 e. The monoisotopic (exact) mass is 329 g/mol. The average molecular weight is 329 g/mol. The van der Waals surface area contributed by atoms with Crippen molar-refractivity contribution in [1.82, 2.24) is 25.0 Å². The fourth-order valence-electron chi connectivity index (χ4n) is 2.34. The van der Waals surface area contributed by atoms with Crippen LogP contribution in [0.4, 0.5) is 0 Å². The van der Waals surface area contributed by atoms with Crippen LogP contribution in [0.2, 0.25) is 0 Å². The molecule has 0 unspecified atom stereocenters. The van der Waals surface area contributed by atoms with Gasteiger partial charge in [-0.3, -0.25) is 0 Å². The topological polar surface area (TPSA) is 95.9 Å². The molecule has 8 heteroatoms. The summed E-state index contributed by atoms with van der Waals surface area (Å²) in [6.07, 6.45) is 2.34. The molecule has 3 aromatic rings. The molecule has 0 spiro atoms. The van der Waals surface area contributed by atoms with Crippen LogP contribution in [-0.4, -0.2) is 30.9 Å². The van der Waals surface area contributed by atoms with Gasteiger partial charge in [0.25, 0.3) is 5.89 Å². The van der Waals surface area contributed by atoms with Gasteiger partial charge >= 0.3 is 5.97 Å². The van der Waals surface area contributed by atoms with E-state index in [4.69, 9.17) is 9.15 Å². The number of nitrogens with zero attached hydrogens (tertiary/aromatic N) is 5. The molecule has 0 saturated carbocycles. The molecule has 0 aliphatic heterocycles. The molecule has 0 amide bonds. The van der Waals surface area contributed by atoms with Crippen molar-refractivity contribution in [2.24, 2.45) is 0 Å². The first-order chi connectivity index (χ1) is 11.5. The van der Waals surface area contributed by atoms with Crippen molar-refractivity contribution < 1.29 is 13.9 Å². The van der Waals surface area contributed by atoms with E-state index in [1.165, 1.54) is 0 Å². The minimum absolute atomic E-state index is 0.0609. The van der Waals surface area contributed by atoms with Gasteiger partial charge in [-0.1, -0.05) is 6.92 Å². The molecule has 0 aromatic carbocycles. The second-order valence-corrected chi connectivity index (χ2v) is 5.74. The Morgan fingerprint density at radius 1 is 1.33 bits per heavy atom. The van der Waals surface area contributed by atoms with Gasteiger partial charge in [0.1, 0.15) is 0 Å². The van der Waals surface area contributed by atoms with Gasteiger partial charge in [-0.05, 0) is 26.8 Å². The molecular weight excluding hydrogens is 310 g/mol. The molecule has 0 saturated heterocycles. The molecule has 3 rings (SSSR count). The first kappa shape index (κ1) is 16.1. The zero-order chi connectivity index (χ0) is 17.3. The molecule has 0 N–H and O–H groups in total. The number of esters is 1. The minimum atomic E-state index is -0.476. The number of aryl methyl sites for hydroxylation is 2. The summed E-state index contributed by atoms with van der Waals surface area (Å²) < 4.78 is 12.4. The van der Waals surface area contributed by atoms with Crippen LogP contribution in [0.1, 0.15) is 54.6 Å². The van der Waals surface area contributed by atoms with Crippen LogP contribution >= 0.6 is 0 Å². The Morgan fingerprint density at radius 3 is 2.75 bits per heavy atom. The fourth-order valence-corrected chi connectivity index (χ4v) is 2.34. The van der Waals surface area contributed by atoms with Crippen molar-refractivity contribution in [2.45, 2.75) is 46.8 Å². The maximum atomic E-state index is 12.3. The van der Waals surface area contributed by atoms with Gasteiger partial charge < -0.3 is 9.15 Å². The lowest BCUT2D eigenvalue weighted by Crippen LogP contribution is -2.10. The first-order valence-corrected chi connectivity index (χ1v) is 7.82. The summed E-state index contributed by atoms with van der Waals surface area (Å²) >= 11 is 0. The molecule has 0 bridgehead atoms. The number of aromatic nitrogens is 5. The summed E-state index contributed by atoms with van der Waals surface area (Å²) in [5.41, 5.74) is 1.75. The van der Waals surface area contributed by atoms with E-state index < -0.39 is 5.97 Å². The van der Waals surface area contributed by atoms with Crippen LogP contribution in [0.3, 0.4) is 0 Å². The summed E-state index contributed by atoms with van der Waals surface area (Å²) in [6.45, 7) is 7.68. The third kappa shape index (κ3) is 2.99. The van der Waals surface area contributed by atoms with Crippen molar-refractivity contribution in [3.8, 4) is 0 Å². The smallest absolute Gasteiger partial charge is 0.340 e. The van der Waals surface area contributed by atoms with Gasteiger partial charge in [0, 0.05) is 17.8 Å². The normalized spacial score (nSPS) is 11.4. The molecule has 8 nitrogen and oxygen atoms in total. The molecule has 0 atom stereocenters. The highest BCUT2D eigenvalue weighted by atomic mass is 16.5. The highest BCUT2D eigenvalue weighted by molar-refractivity contribution is 5.94. The molecule has 0 fully saturated rings. The Hall–Kier alpha value is -2.77. The summed E-state index contributed by atoms with van der Waals surface area (Å²) in [4.78, 5) is 16.8. The van der Waals surface area contributed by atoms with Gasteiger partial charge in [0.15, 0.2) is 12.3 Å². The van der Waals surface area contributed by atoms with Crippen LogP contribution in [0.5, 0.6) is 0 Å². The number of hydrogen-bond acceptors (Lipinski definition) is 7. The van der Waals surface area contributed by atoms with Crippen LogP contribution in [0.15, 0.2) is 16.7 Å². The lowest BCUT2D eigenvalue weighted by molar-refractivity contribution is 0.0435. The van der Waals surface area contributed by atoms with Crippen molar-refractivity contribution in [2.75, 3.05) is 0 Å². The predicted molar refractivity (Wildman–Crippen MR) is 85.4 cm³/mol. The third-order valence-corrected chi connectivity index (χ3v) is 3.61. The molecular formula is C16H19N5O3. The maximum Gasteiger partial charge on any atom is 0.340 e. The van der Waals surface area contributed by atoms with Gasteiger partial charge in [-0.15, -0.1) is 10.2 Å². The number of carbonyl (C=O) groups is 1. The van der Waals surface area contributed by atoms with Gasteiger partial charge in [-0.25, -0.2) is 14.5 Å². The Kier molecular flexibility index (Phi) is 4.28. The van der Waals surface area contributed by atoms with Gasteiger partial charge in [0.05, 0.1) is 17.5 Å². The van der Waals surface area contributed by atoms with E-state index in [-0.39, 0.29) is 18.5 Å². The van der Waals surface area contributed by atoms with E-state index >= 15 is 0 Å². The second kappa shape index (κ2) is 6.38. The zero-order valence-electron chi connectivity index (χ0n) is 14.1. The van der Waals surface area contributed by atoms with Gasteiger partial charge in [0.2, 0.25) is 5.89 Å². The zero-order valence-corrected chi connectivity index (χ0v) is 14.1. The number of fused-ring (bicyclic) bond motifs is 1. The van der Waals surface area contributed by atoms with Crippen molar-refractivity contribution >= 4 is 17.0 Å². The van der Waals surface area contributed by atoms with Crippen LogP contribution in [0, 0.1) is 6.92 Å². The SMILES string of the molecule is CCc1nnc(COC(=O)c2cc3cnn(C(C)C)c3nc2C)o1. The number of pyridine rings is 1. The Labute approximate surface area is 138 Å². The second-order valence-electron chi connectivity index (χ2n) is 5.74. The summed E-state index contributed by atoms with van der Waals surface area (Å²) in [6, 6.07) is 1.94. The van der Waals surface area contributed by atoms with Crippen molar-refractivity contribution in [1.29, 1.82) is 0 Å². The standard InChI is InChI=1S/C16H19N5O3/c1-5-13-19-20-14(24-13)8-23-16(22)12-6-11-7-17-21(9(2)3)15(11)18-10(12)4/h6-7,9H,5,8H2,1-4H3. The van der Waals surface area contributed by atoms with Gasteiger partial charge in [-0.2, -0.15) is 5.10 Å². The molecule has 0 aliphatic rings. The van der Waals surface area contributed by atoms with Crippen LogP contribution < -0.4 is 0 Å². The molecule has 3 aromatic heterocycles. The average Bonchev–Trinajstić information content (AvgIpc) is 3.17. The third-order valence-electron chi connectivity index (χ3n) is 3.61. The number of carbonyl (C=O) groups excluding carboxylic acids is 1. The van der Waals surface area contributed by atoms with Crippen LogP contribution in [-0.2, 0) is 17.8 Å². The number of ether oxygens (including phenoxy) is 1. The molecule has 3 heterocycles. The highest BCUT2D eigenvalue weighted by Crippen LogP contribution is 2.20. The molecule has 24 heavy (non-hydrogen) atoms. The van der Waals surface area contributed by atoms with E-state index in [0.717, 1.165) is 11.0 Å². The maximum absolute atomic E-state index is 12.3. The Balaban J connectivity index is 1.80. The Bertz CT molecular complexity index is 881. The number of hydrogen-bond donors (Lipinski definition) is 0. The largest absolute Gasteiger partial charge is 0.452 e. The quantitative estimate of drug-likeness (QED) is 0.664. The lowest BCUT2D eigenvalue weighted by atomic mass is 10.2. The first-order valence-electron chi connectivity index (χ1n) is 7.82. The number of rotatable bonds is 5. The summed E-state index contributed by atoms with van der Waals surface area (Å²) in [5, 5.41) is 12.8. The van der Waals surface area contributed by atoms with Crippen molar-refractivity contribution in [3.63, 3.8) is 0 Å². The molecule has 0 radical (unpaired) electrons. The lowest BCUT2D eigenvalue weighted by Gasteiger charge is -2.08. The van der Waals surface area contributed by atoms with Crippen LogP contribution in [0.25, 0.3) is 11.0 Å². The Morgan fingerprint density at radius 2 is 2.08 bits per heavy atom. The summed E-state index contributed by atoms with van der Waals surface area (Å²) in [5.74, 6) is 0.316. The van der Waals surface area contributed by atoms with E-state index in [9.17, 15) is 4.79 Å². The van der Waals surface area contributed by atoms with E-state index in [0.29, 0.717) is 23.6 Å². The fraction of sp³-hybridized carbons (Fsp3) is 0.438. The van der Waals surface area contributed by atoms with E-state index in [2.05, 4.69) is 20.3 Å². The predicted octanol–water partition coefficient (Wildman–Crippen LogP) is 2.62. The molecule has 126 valence electrons. The molecule has 0 aliphatic carbocycles. The van der Waals surface area contributed by atoms with E-state index in [1.54, 1.807) is 19.2 Å².